The number of phenols is 1. The third-order valence-electron chi connectivity index (χ3n) is 4.66. The molecule has 128 valence electrons. The van der Waals surface area contributed by atoms with Crippen molar-refractivity contribution in [3.8, 4) is 5.75 Å². The van der Waals surface area contributed by atoms with Gasteiger partial charge in [-0.05, 0) is 36.8 Å². The van der Waals surface area contributed by atoms with Gasteiger partial charge in [-0.2, -0.15) is 0 Å². The number of rotatable bonds is 2. The van der Waals surface area contributed by atoms with Crippen LogP contribution in [0.1, 0.15) is 36.3 Å². The second kappa shape index (κ2) is 6.07. The van der Waals surface area contributed by atoms with Crippen LogP contribution < -0.4 is 10.9 Å². The maximum absolute atomic E-state index is 12.7. The number of H-pyrrole nitrogens is 1. The van der Waals surface area contributed by atoms with Crippen molar-refractivity contribution in [1.29, 1.82) is 0 Å². The van der Waals surface area contributed by atoms with Gasteiger partial charge in [-0.15, -0.1) is 0 Å². The standard InChI is InChI=1S/C18H17N3O3S/c1-25-18-20-16-15(17(24)21-18)13(9-5-7-10(22)8-6-9)14-11(19-16)3-2-4-12(14)23/h5-8,13,22H,2-4H2,1H3,(H2,19,20,21,24). The van der Waals surface area contributed by atoms with Gasteiger partial charge in [0.05, 0.1) is 5.56 Å². The first-order valence-corrected chi connectivity index (χ1v) is 9.31. The van der Waals surface area contributed by atoms with Crippen LogP contribution in [0.3, 0.4) is 0 Å². The average molecular weight is 355 g/mol. The number of hydrogen-bond acceptors (Lipinski definition) is 6. The number of anilines is 1. The molecule has 0 spiro atoms. The van der Waals surface area contributed by atoms with Gasteiger partial charge in [-0.1, -0.05) is 23.9 Å². The number of ketones is 1. The molecule has 25 heavy (non-hydrogen) atoms. The van der Waals surface area contributed by atoms with Crippen LogP contribution in [0, 0.1) is 0 Å². The Kier molecular flexibility index (Phi) is 3.88. The maximum atomic E-state index is 12.7. The van der Waals surface area contributed by atoms with Crippen molar-refractivity contribution >= 4 is 23.4 Å². The number of carbonyl (C=O) groups excluding carboxylic acids is 1. The Hall–Kier alpha value is -2.54. The smallest absolute Gasteiger partial charge is 0.257 e. The lowest BCUT2D eigenvalue weighted by molar-refractivity contribution is -0.116. The summed E-state index contributed by atoms with van der Waals surface area (Å²) in [6.07, 6.45) is 3.89. The van der Waals surface area contributed by atoms with Crippen LogP contribution in [-0.4, -0.2) is 27.1 Å². The van der Waals surface area contributed by atoms with Crippen LogP contribution >= 0.6 is 11.8 Å². The second-order valence-electron chi connectivity index (χ2n) is 6.16. The first-order valence-electron chi connectivity index (χ1n) is 8.09. The SMILES string of the molecule is CSc1nc2c(c(=O)[nH]1)C(c1ccc(O)cc1)C1=C(CCCC1=O)N2. The van der Waals surface area contributed by atoms with Crippen LogP contribution in [0.25, 0.3) is 0 Å². The largest absolute Gasteiger partial charge is 0.508 e. The Morgan fingerprint density at radius 1 is 1.20 bits per heavy atom. The molecule has 0 radical (unpaired) electrons. The molecule has 0 fully saturated rings. The predicted octanol–water partition coefficient (Wildman–Crippen LogP) is 2.76. The van der Waals surface area contributed by atoms with Gasteiger partial charge < -0.3 is 15.4 Å². The zero-order valence-corrected chi connectivity index (χ0v) is 14.4. The molecule has 4 rings (SSSR count). The maximum Gasteiger partial charge on any atom is 0.257 e. The predicted molar refractivity (Wildman–Crippen MR) is 96.1 cm³/mol. The van der Waals surface area contributed by atoms with Crippen molar-refractivity contribution in [1.82, 2.24) is 9.97 Å². The number of thioether (sulfide) groups is 1. The molecule has 0 bridgehead atoms. The molecule has 2 aromatic rings. The summed E-state index contributed by atoms with van der Waals surface area (Å²) in [6.45, 7) is 0. The number of carbonyl (C=O) groups is 1. The van der Waals surface area contributed by atoms with Crippen LogP contribution in [0.2, 0.25) is 0 Å². The van der Waals surface area contributed by atoms with Crippen LogP contribution in [0.5, 0.6) is 5.75 Å². The number of nitrogens with zero attached hydrogens (tertiary/aromatic N) is 1. The fraction of sp³-hybridized carbons (Fsp3) is 0.278. The number of phenolic OH excluding ortho intramolecular Hbond substituents is 1. The lowest BCUT2D eigenvalue weighted by atomic mass is 9.76. The van der Waals surface area contributed by atoms with Gasteiger partial charge in [0.25, 0.3) is 5.56 Å². The van der Waals surface area contributed by atoms with Gasteiger partial charge in [-0.3, -0.25) is 9.59 Å². The zero-order chi connectivity index (χ0) is 17.6. The van der Waals surface area contributed by atoms with E-state index in [0.29, 0.717) is 28.5 Å². The molecule has 1 aromatic heterocycles. The van der Waals surface area contributed by atoms with Crippen molar-refractivity contribution in [3.63, 3.8) is 0 Å². The van der Waals surface area contributed by atoms with Crippen LogP contribution in [0.15, 0.2) is 45.5 Å². The van der Waals surface area contributed by atoms with E-state index in [2.05, 4.69) is 15.3 Å². The molecular formula is C18H17N3O3S. The molecule has 3 N–H and O–H groups in total. The molecular weight excluding hydrogens is 338 g/mol. The molecule has 1 aromatic carbocycles. The topological polar surface area (TPSA) is 95.1 Å². The third-order valence-corrected chi connectivity index (χ3v) is 5.24. The van der Waals surface area contributed by atoms with Crippen LogP contribution in [0.4, 0.5) is 5.82 Å². The third kappa shape index (κ3) is 2.64. The molecule has 2 heterocycles. The number of fused-ring (bicyclic) bond motifs is 1. The first-order chi connectivity index (χ1) is 12.1. The number of aromatic nitrogens is 2. The van der Waals surface area contributed by atoms with E-state index in [0.717, 1.165) is 24.1 Å². The number of hydrogen-bond donors (Lipinski definition) is 3. The molecule has 1 aliphatic carbocycles. The Morgan fingerprint density at radius 3 is 2.68 bits per heavy atom. The minimum Gasteiger partial charge on any atom is -0.508 e. The lowest BCUT2D eigenvalue weighted by Crippen LogP contribution is -2.32. The van der Waals surface area contributed by atoms with E-state index in [4.69, 9.17) is 0 Å². The average Bonchev–Trinajstić information content (AvgIpc) is 2.61. The number of aromatic hydroxyl groups is 1. The minimum atomic E-state index is -0.466. The summed E-state index contributed by atoms with van der Waals surface area (Å²) in [5.41, 5.74) is 2.51. The van der Waals surface area contributed by atoms with Crippen molar-refractivity contribution in [2.24, 2.45) is 0 Å². The minimum absolute atomic E-state index is 0.0609. The highest BCUT2D eigenvalue weighted by Crippen LogP contribution is 2.43. The number of aromatic amines is 1. The van der Waals surface area contributed by atoms with Crippen molar-refractivity contribution in [2.75, 3.05) is 11.6 Å². The van der Waals surface area contributed by atoms with E-state index < -0.39 is 5.92 Å². The summed E-state index contributed by atoms with van der Waals surface area (Å²) in [4.78, 5) is 32.7. The summed E-state index contributed by atoms with van der Waals surface area (Å²) in [5, 5.41) is 13.3. The Balaban J connectivity index is 1.98. The quantitative estimate of drug-likeness (QED) is 0.566. The summed E-state index contributed by atoms with van der Waals surface area (Å²) >= 11 is 1.36. The van der Waals surface area contributed by atoms with Crippen molar-refractivity contribution in [2.45, 2.75) is 30.3 Å². The van der Waals surface area contributed by atoms with E-state index in [1.165, 1.54) is 11.8 Å². The molecule has 1 unspecified atom stereocenters. The highest BCUT2D eigenvalue weighted by Gasteiger charge is 2.37. The lowest BCUT2D eigenvalue weighted by Gasteiger charge is -2.32. The van der Waals surface area contributed by atoms with E-state index >= 15 is 0 Å². The summed E-state index contributed by atoms with van der Waals surface area (Å²) in [6, 6.07) is 6.65. The molecule has 2 aliphatic rings. The molecule has 0 saturated heterocycles. The summed E-state index contributed by atoms with van der Waals surface area (Å²) in [5.74, 6) is 0.254. The fourth-order valence-electron chi connectivity index (χ4n) is 3.54. The Bertz CT molecular complexity index is 947. The molecule has 0 amide bonds. The Labute approximate surface area is 148 Å². The number of allylic oxidation sites excluding steroid dienone is 2. The highest BCUT2D eigenvalue weighted by molar-refractivity contribution is 7.98. The molecule has 7 heteroatoms. The summed E-state index contributed by atoms with van der Waals surface area (Å²) in [7, 11) is 0. The first kappa shape index (κ1) is 16.0. The van der Waals surface area contributed by atoms with Crippen molar-refractivity contribution < 1.29 is 9.90 Å². The van der Waals surface area contributed by atoms with Gasteiger partial charge in [-0.25, -0.2) is 4.98 Å². The highest BCUT2D eigenvalue weighted by atomic mass is 32.2. The molecule has 6 nitrogen and oxygen atoms in total. The van der Waals surface area contributed by atoms with Gasteiger partial charge in [0.15, 0.2) is 10.9 Å². The van der Waals surface area contributed by atoms with Gasteiger partial charge in [0.1, 0.15) is 11.6 Å². The van der Waals surface area contributed by atoms with Crippen LogP contribution in [-0.2, 0) is 4.79 Å². The van der Waals surface area contributed by atoms with E-state index in [9.17, 15) is 14.7 Å². The van der Waals surface area contributed by atoms with E-state index in [-0.39, 0.29) is 17.1 Å². The molecule has 1 atom stereocenters. The monoisotopic (exact) mass is 355 g/mol. The summed E-state index contributed by atoms with van der Waals surface area (Å²) < 4.78 is 0. The fourth-order valence-corrected chi connectivity index (χ4v) is 3.91. The second-order valence-corrected chi connectivity index (χ2v) is 6.95. The molecule has 1 aliphatic heterocycles. The van der Waals surface area contributed by atoms with Gasteiger partial charge in [0.2, 0.25) is 0 Å². The number of benzene rings is 1. The molecule has 0 saturated carbocycles. The number of Topliss-reactive ketones (excluding diaryl/α,β-unsaturated/α-hetero) is 1. The number of nitrogens with one attached hydrogen (secondary N) is 2. The van der Waals surface area contributed by atoms with Crippen molar-refractivity contribution in [3.05, 3.63) is 57.0 Å². The van der Waals surface area contributed by atoms with Gasteiger partial charge in [0, 0.05) is 23.6 Å². The van der Waals surface area contributed by atoms with Gasteiger partial charge >= 0.3 is 0 Å². The van der Waals surface area contributed by atoms with E-state index in [1.54, 1.807) is 24.3 Å². The zero-order valence-electron chi connectivity index (χ0n) is 13.6. The Morgan fingerprint density at radius 2 is 1.96 bits per heavy atom. The normalized spacial score (nSPS) is 19.2. The van der Waals surface area contributed by atoms with E-state index in [1.807, 2.05) is 6.26 Å².